The van der Waals surface area contributed by atoms with E-state index in [0.717, 1.165) is 28.2 Å². The van der Waals surface area contributed by atoms with E-state index in [4.69, 9.17) is 21.1 Å². The minimum absolute atomic E-state index is 0.235. The van der Waals surface area contributed by atoms with Crippen molar-refractivity contribution in [3.8, 4) is 11.5 Å². The first-order valence-corrected chi connectivity index (χ1v) is 6.52. The number of methoxy groups -OCH3 is 2. The molecule has 0 amide bonds. The Morgan fingerprint density at radius 1 is 0.947 bits per heavy atom. The zero-order valence-corrected chi connectivity index (χ0v) is 12.1. The van der Waals surface area contributed by atoms with Crippen LogP contribution in [0.15, 0.2) is 42.5 Å². The first kappa shape index (κ1) is 13.8. The van der Waals surface area contributed by atoms with E-state index in [1.165, 1.54) is 0 Å². The van der Waals surface area contributed by atoms with Gasteiger partial charge in [-0.3, -0.25) is 0 Å². The largest absolute Gasteiger partial charge is 0.497 e. The van der Waals surface area contributed by atoms with E-state index in [0.29, 0.717) is 0 Å². The van der Waals surface area contributed by atoms with Crippen molar-refractivity contribution < 1.29 is 9.47 Å². The molecule has 19 heavy (non-hydrogen) atoms. The predicted octanol–water partition coefficient (Wildman–Crippen LogP) is 4.34. The molecular formula is C16H17ClO2. The Hall–Kier alpha value is -1.67. The summed E-state index contributed by atoms with van der Waals surface area (Å²) < 4.78 is 10.5. The van der Waals surface area contributed by atoms with E-state index in [-0.39, 0.29) is 5.38 Å². The van der Waals surface area contributed by atoms with Gasteiger partial charge >= 0.3 is 0 Å². The zero-order chi connectivity index (χ0) is 13.8. The van der Waals surface area contributed by atoms with Crippen molar-refractivity contribution in [3.05, 3.63) is 59.2 Å². The molecule has 0 fully saturated rings. The van der Waals surface area contributed by atoms with Crippen LogP contribution in [0, 0.1) is 6.92 Å². The van der Waals surface area contributed by atoms with Crippen molar-refractivity contribution in [1.82, 2.24) is 0 Å². The Morgan fingerprint density at radius 3 is 2.21 bits per heavy atom. The van der Waals surface area contributed by atoms with Gasteiger partial charge in [-0.15, -0.1) is 11.6 Å². The molecule has 1 atom stereocenters. The van der Waals surface area contributed by atoms with Crippen LogP contribution >= 0.6 is 11.6 Å². The van der Waals surface area contributed by atoms with Gasteiger partial charge in [0, 0.05) is 5.56 Å². The van der Waals surface area contributed by atoms with E-state index in [9.17, 15) is 0 Å². The third-order valence-corrected chi connectivity index (χ3v) is 3.55. The lowest BCUT2D eigenvalue weighted by Crippen LogP contribution is -1.98. The van der Waals surface area contributed by atoms with Crippen LogP contribution in [0.1, 0.15) is 22.1 Å². The summed E-state index contributed by atoms with van der Waals surface area (Å²) in [6.45, 7) is 2.04. The van der Waals surface area contributed by atoms with Gasteiger partial charge in [-0.25, -0.2) is 0 Å². The number of alkyl halides is 1. The lowest BCUT2D eigenvalue weighted by molar-refractivity contribution is 0.410. The van der Waals surface area contributed by atoms with Gasteiger partial charge in [-0.2, -0.15) is 0 Å². The Bertz CT molecular complexity index is 549. The highest BCUT2D eigenvalue weighted by atomic mass is 35.5. The van der Waals surface area contributed by atoms with Gasteiger partial charge in [0.15, 0.2) is 0 Å². The Kier molecular flexibility index (Phi) is 4.33. The molecule has 0 aliphatic heterocycles. The van der Waals surface area contributed by atoms with Crippen LogP contribution in [0.4, 0.5) is 0 Å². The molecule has 2 aromatic carbocycles. The van der Waals surface area contributed by atoms with E-state index in [1.807, 2.05) is 43.3 Å². The summed E-state index contributed by atoms with van der Waals surface area (Å²) in [5, 5.41) is -0.235. The number of hydrogen-bond acceptors (Lipinski definition) is 2. The summed E-state index contributed by atoms with van der Waals surface area (Å²) >= 11 is 6.56. The third-order valence-electron chi connectivity index (χ3n) is 3.07. The monoisotopic (exact) mass is 276 g/mol. The minimum atomic E-state index is -0.235. The molecule has 2 nitrogen and oxygen atoms in total. The van der Waals surface area contributed by atoms with Gasteiger partial charge in [0.05, 0.1) is 19.6 Å². The van der Waals surface area contributed by atoms with Crippen molar-refractivity contribution in [2.45, 2.75) is 12.3 Å². The quantitative estimate of drug-likeness (QED) is 0.774. The van der Waals surface area contributed by atoms with Crippen molar-refractivity contribution in [2.24, 2.45) is 0 Å². The van der Waals surface area contributed by atoms with Crippen molar-refractivity contribution in [1.29, 1.82) is 0 Å². The van der Waals surface area contributed by atoms with Gasteiger partial charge in [0.2, 0.25) is 0 Å². The van der Waals surface area contributed by atoms with E-state index in [2.05, 4.69) is 6.07 Å². The van der Waals surface area contributed by atoms with Crippen molar-refractivity contribution >= 4 is 11.6 Å². The van der Waals surface area contributed by atoms with E-state index in [1.54, 1.807) is 14.2 Å². The van der Waals surface area contributed by atoms with Crippen molar-refractivity contribution in [3.63, 3.8) is 0 Å². The summed E-state index contributed by atoms with van der Waals surface area (Å²) in [4.78, 5) is 0. The van der Waals surface area contributed by atoms with E-state index >= 15 is 0 Å². The number of halogens is 1. The highest BCUT2D eigenvalue weighted by molar-refractivity contribution is 6.22. The molecule has 2 rings (SSSR count). The van der Waals surface area contributed by atoms with Crippen LogP contribution in [-0.2, 0) is 0 Å². The maximum atomic E-state index is 6.56. The number of aryl methyl sites for hydroxylation is 1. The molecule has 1 unspecified atom stereocenters. The lowest BCUT2D eigenvalue weighted by Gasteiger charge is -2.15. The number of benzene rings is 2. The zero-order valence-electron chi connectivity index (χ0n) is 11.3. The molecule has 0 saturated heterocycles. The summed E-state index contributed by atoms with van der Waals surface area (Å²) in [5.74, 6) is 1.63. The second-order valence-electron chi connectivity index (χ2n) is 4.38. The summed E-state index contributed by atoms with van der Waals surface area (Å²) in [5.41, 5.74) is 3.16. The second kappa shape index (κ2) is 5.98. The van der Waals surface area contributed by atoms with Crippen LogP contribution in [0.5, 0.6) is 11.5 Å². The molecule has 0 aliphatic rings. The Morgan fingerprint density at radius 2 is 1.63 bits per heavy atom. The fraction of sp³-hybridized carbons (Fsp3) is 0.250. The minimum Gasteiger partial charge on any atom is -0.497 e. The van der Waals surface area contributed by atoms with Crippen LogP contribution in [0.3, 0.4) is 0 Å². The maximum Gasteiger partial charge on any atom is 0.123 e. The van der Waals surface area contributed by atoms with Crippen molar-refractivity contribution in [2.75, 3.05) is 14.2 Å². The fourth-order valence-electron chi connectivity index (χ4n) is 2.00. The topological polar surface area (TPSA) is 18.5 Å². The maximum absolute atomic E-state index is 6.56. The first-order chi connectivity index (χ1) is 9.15. The molecule has 2 aromatic rings. The molecule has 0 radical (unpaired) electrons. The molecule has 0 saturated carbocycles. The second-order valence-corrected chi connectivity index (χ2v) is 4.82. The van der Waals surface area contributed by atoms with E-state index < -0.39 is 0 Å². The lowest BCUT2D eigenvalue weighted by atomic mass is 10.0. The average molecular weight is 277 g/mol. The van der Waals surface area contributed by atoms with Crippen LogP contribution in [0.25, 0.3) is 0 Å². The van der Waals surface area contributed by atoms with Crippen LogP contribution in [0.2, 0.25) is 0 Å². The number of rotatable bonds is 4. The molecular weight excluding hydrogens is 260 g/mol. The highest BCUT2D eigenvalue weighted by Crippen LogP contribution is 2.36. The summed E-state index contributed by atoms with van der Waals surface area (Å²) in [6.07, 6.45) is 0. The highest BCUT2D eigenvalue weighted by Gasteiger charge is 2.15. The fourth-order valence-corrected chi connectivity index (χ4v) is 2.32. The molecule has 0 heterocycles. The number of hydrogen-bond donors (Lipinski definition) is 0. The smallest absolute Gasteiger partial charge is 0.123 e. The summed E-state index contributed by atoms with van der Waals surface area (Å²) in [7, 11) is 3.31. The third kappa shape index (κ3) is 3.02. The first-order valence-electron chi connectivity index (χ1n) is 6.08. The van der Waals surface area contributed by atoms with Gasteiger partial charge in [0.1, 0.15) is 11.5 Å². The Balaban J connectivity index is 2.36. The molecule has 3 heteroatoms. The molecule has 0 aromatic heterocycles. The normalized spacial score (nSPS) is 12.0. The van der Waals surface area contributed by atoms with Gasteiger partial charge in [-0.05, 0) is 30.7 Å². The summed E-state index contributed by atoms with van der Waals surface area (Å²) in [6, 6.07) is 13.8. The van der Waals surface area contributed by atoms with Gasteiger partial charge in [0.25, 0.3) is 0 Å². The molecule has 0 spiro atoms. The average Bonchev–Trinajstić information content (AvgIpc) is 2.46. The molecule has 100 valence electrons. The molecule has 0 bridgehead atoms. The SMILES string of the molecule is COc1ccc(C(Cl)c2cc(C)ccc2OC)cc1. The van der Waals surface area contributed by atoms with Gasteiger partial charge in [-0.1, -0.05) is 29.8 Å². The van der Waals surface area contributed by atoms with Crippen LogP contribution in [-0.4, -0.2) is 14.2 Å². The predicted molar refractivity (Wildman–Crippen MR) is 78.4 cm³/mol. The standard InChI is InChI=1S/C16H17ClO2/c1-11-4-9-15(19-3)14(10-11)16(17)12-5-7-13(18-2)8-6-12/h4-10,16H,1-3H3. The number of ether oxygens (including phenoxy) is 2. The molecule has 0 N–H and O–H groups in total. The molecule has 0 aliphatic carbocycles. The van der Waals surface area contributed by atoms with Crippen LogP contribution < -0.4 is 9.47 Å². The Labute approximate surface area is 118 Å². The van der Waals surface area contributed by atoms with Gasteiger partial charge < -0.3 is 9.47 Å².